The highest BCUT2D eigenvalue weighted by atomic mass is 35.5. The first kappa shape index (κ1) is 25.4. The Morgan fingerprint density at radius 3 is 2.29 bits per heavy atom. The second-order valence-electron chi connectivity index (χ2n) is 11.8. The lowest BCUT2D eigenvalue weighted by Gasteiger charge is -2.32. The highest BCUT2D eigenvalue weighted by Crippen LogP contribution is 2.37. The van der Waals surface area contributed by atoms with Gasteiger partial charge < -0.3 is 13.7 Å². The number of fused-ring (bicyclic) bond motifs is 1. The Labute approximate surface area is 210 Å². The second-order valence-corrected chi connectivity index (χ2v) is 14.9. The van der Waals surface area contributed by atoms with Gasteiger partial charge in [0.15, 0.2) is 15.6 Å². The minimum Gasteiger partial charge on any atom is -0.413 e. The zero-order valence-corrected chi connectivity index (χ0v) is 23.9. The summed E-state index contributed by atoms with van der Waals surface area (Å²) in [7, 11) is -1.25. The molecule has 0 bridgehead atoms. The van der Waals surface area contributed by atoms with Crippen LogP contribution in [0.3, 0.4) is 0 Å². The molecule has 182 valence electrons. The van der Waals surface area contributed by atoms with Crippen molar-refractivity contribution in [1.82, 2.24) is 14.8 Å². The number of hydrogen-bond donors (Lipinski definition) is 0. The normalized spacial score (nSPS) is 18.5. The fourth-order valence-electron chi connectivity index (χ4n) is 3.75. The van der Waals surface area contributed by atoms with E-state index < -0.39 is 33.7 Å². The molecular formula is C25H35BClN3O3Si. The van der Waals surface area contributed by atoms with Gasteiger partial charge in [-0.3, -0.25) is 0 Å². The molecule has 2 aromatic heterocycles. The predicted octanol–water partition coefficient (Wildman–Crippen LogP) is 4.93. The molecule has 0 unspecified atom stereocenters. The third kappa shape index (κ3) is 4.84. The van der Waals surface area contributed by atoms with Crippen LogP contribution in [0.25, 0.3) is 16.7 Å². The van der Waals surface area contributed by atoms with Crippen molar-refractivity contribution < 1.29 is 13.7 Å². The van der Waals surface area contributed by atoms with Crippen LogP contribution in [0.5, 0.6) is 0 Å². The first-order valence-corrected chi connectivity index (χ1v) is 13.4. The molecule has 34 heavy (non-hydrogen) atoms. The summed E-state index contributed by atoms with van der Waals surface area (Å²) in [6, 6.07) is 9.88. The molecule has 0 radical (unpaired) electrons. The van der Waals surface area contributed by atoms with Crippen molar-refractivity contribution in [3.05, 3.63) is 47.2 Å². The number of hydrogen-bond acceptors (Lipinski definition) is 5. The molecule has 3 aromatic rings. The maximum atomic E-state index is 6.67. The lowest BCUT2D eigenvalue weighted by Crippen LogP contribution is -2.41. The molecule has 0 N–H and O–H groups in total. The van der Waals surface area contributed by atoms with E-state index in [9.17, 15) is 0 Å². The lowest BCUT2D eigenvalue weighted by molar-refractivity contribution is 0.00578. The summed E-state index contributed by atoms with van der Waals surface area (Å²) in [5, 5.41) is 6.27. The average Bonchev–Trinajstić information content (AvgIpc) is 3.24. The van der Waals surface area contributed by atoms with E-state index in [-0.39, 0.29) is 5.04 Å². The van der Waals surface area contributed by atoms with E-state index >= 15 is 0 Å². The molecule has 0 saturated carbocycles. The topological polar surface area (TPSA) is 58.4 Å². The second kappa shape index (κ2) is 8.45. The molecule has 1 saturated heterocycles. The van der Waals surface area contributed by atoms with Gasteiger partial charge in [-0.1, -0.05) is 38.4 Å². The summed E-state index contributed by atoms with van der Waals surface area (Å²) >= 11 is 6.67. The van der Waals surface area contributed by atoms with Crippen LogP contribution in [-0.4, -0.2) is 42.8 Å². The monoisotopic (exact) mass is 499 g/mol. The minimum atomic E-state index is -0.742. The van der Waals surface area contributed by atoms with E-state index in [0.717, 1.165) is 22.1 Å². The van der Waals surface area contributed by atoms with E-state index in [1.165, 1.54) is 0 Å². The van der Waals surface area contributed by atoms with Gasteiger partial charge in [-0.05, 0) is 76.3 Å². The zero-order chi connectivity index (χ0) is 25.1. The van der Waals surface area contributed by atoms with Crippen LogP contribution in [0.15, 0.2) is 36.5 Å². The van der Waals surface area contributed by atoms with Crippen molar-refractivity contribution >= 4 is 44.8 Å². The summed E-state index contributed by atoms with van der Waals surface area (Å²) in [4.78, 5) is 4.93. The van der Waals surface area contributed by atoms with Gasteiger partial charge in [-0.2, -0.15) is 5.10 Å². The van der Waals surface area contributed by atoms with Gasteiger partial charge >= 0.3 is 7.12 Å². The third-order valence-electron chi connectivity index (χ3n) is 6.62. The van der Waals surface area contributed by atoms with Gasteiger partial charge in [-0.25, -0.2) is 9.67 Å². The Balaban J connectivity index is 1.72. The molecule has 6 nitrogen and oxygen atoms in total. The van der Waals surface area contributed by atoms with Crippen LogP contribution < -0.4 is 5.46 Å². The van der Waals surface area contributed by atoms with Crippen LogP contribution in [0.1, 0.15) is 68.0 Å². The standard InChI is InChI=1S/C25H35BClN3O3Si/c1-22(2,3)34-33-23(4,5)20-11-10-12-21(29-20)30-19-14-16(13-18(27)17(19)15-28-30)26-31-24(6,7)25(8,9)32-26/h10-15H,34H2,1-9H3. The first-order chi connectivity index (χ1) is 15.6. The van der Waals surface area contributed by atoms with Crippen LogP contribution >= 0.6 is 11.6 Å². The van der Waals surface area contributed by atoms with E-state index in [0.29, 0.717) is 10.8 Å². The van der Waals surface area contributed by atoms with E-state index in [1.54, 1.807) is 6.20 Å². The van der Waals surface area contributed by atoms with Crippen LogP contribution in [0.2, 0.25) is 10.1 Å². The van der Waals surface area contributed by atoms with Gasteiger partial charge in [0.1, 0.15) is 0 Å². The molecule has 0 aliphatic carbocycles. The maximum Gasteiger partial charge on any atom is 0.494 e. The van der Waals surface area contributed by atoms with Gasteiger partial charge in [0, 0.05) is 5.39 Å². The molecule has 1 aromatic carbocycles. The third-order valence-corrected chi connectivity index (χ3v) is 8.66. The predicted molar refractivity (Wildman–Crippen MR) is 142 cm³/mol. The quantitative estimate of drug-likeness (QED) is 0.466. The molecule has 9 heteroatoms. The van der Waals surface area contributed by atoms with Crippen molar-refractivity contribution in [2.24, 2.45) is 0 Å². The van der Waals surface area contributed by atoms with Crippen LogP contribution in [0.4, 0.5) is 0 Å². The molecule has 1 aliphatic heterocycles. The smallest absolute Gasteiger partial charge is 0.413 e. The Hall–Kier alpha value is -1.71. The van der Waals surface area contributed by atoms with Crippen LogP contribution in [-0.2, 0) is 19.3 Å². The number of halogens is 1. The SMILES string of the molecule is CC(C)(C)[SiH2]OC(C)(C)c1cccc(-n2ncc3c(Cl)cc(B4OC(C)(C)C(C)(C)O4)cc32)n1. The Morgan fingerprint density at radius 1 is 1.03 bits per heavy atom. The molecular weight excluding hydrogens is 465 g/mol. The maximum absolute atomic E-state index is 6.67. The molecule has 0 amide bonds. The van der Waals surface area contributed by atoms with Gasteiger partial charge in [-0.15, -0.1) is 0 Å². The van der Waals surface area contributed by atoms with Gasteiger partial charge in [0.05, 0.1) is 39.2 Å². The highest BCUT2D eigenvalue weighted by molar-refractivity contribution is 6.63. The summed E-state index contributed by atoms with van der Waals surface area (Å²) in [5.41, 5.74) is 1.23. The largest absolute Gasteiger partial charge is 0.494 e. The fourth-order valence-corrected chi connectivity index (χ4v) is 4.96. The first-order valence-electron chi connectivity index (χ1n) is 11.7. The molecule has 0 atom stereocenters. The Morgan fingerprint density at radius 2 is 1.68 bits per heavy atom. The molecule has 1 fully saturated rings. The number of aromatic nitrogens is 3. The number of pyridine rings is 1. The summed E-state index contributed by atoms with van der Waals surface area (Å²) < 4.78 is 20.7. The van der Waals surface area contributed by atoms with Crippen molar-refractivity contribution in [3.8, 4) is 5.82 Å². The van der Waals surface area contributed by atoms with Gasteiger partial charge in [0.2, 0.25) is 0 Å². The van der Waals surface area contributed by atoms with Crippen molar-refractivity contribution in [2.45, 2.75) is 84.2 Å². The zero-order valence-electron chi connectivity index (χ0n) is 21.7. The highest BCUT2D eigenvalue weighted by Gasteiger charge is 2.51. The summed E-state index contributed by atoms with van der Waals surface area (Å²) in [6.45, 7) is 19.0. The van der Waals surface area contributed by atoms with E-state index in [2.05, 4.69) is 39.7 Å². The summed E-state index contributed by atoms with van der Waals surface area (Å²) in [6.07, 6.45) is 1.77. The fraction of sp³-hybridized carbons (Fsp3) is 0.520. The lowest BCUT2D eigenvalue weighted by atomic mass is 9.79. The number of benzene rings is 1. The molecule has 3 heterocycles. The Kier molecular flexibility index (Phi) is 6.31. The summed E-state index contributed by atoms with van der Waals surface area (Å²) in [5.74, 6) is 0.712. The van der Waals surface area contributed by atoms with E-state index in [1.807, 2.05) is 62.7 Å². The van der Waals surface area contributed by atoms with Crippen molar-refractivity contribution in [1.29, 1.82) is 0 Å². The molecule has 0 spiro atoms. The van der Waals surface area contributed by atoms with Crippen molar-refractivity contribution in [2.75, 3.05) is 0 Å². The average molecular weight is 500 g/mol. The minimum absolute atomic E-state index is 0.202. The van der Waals surface area contributed by atoms with Crippen molar-refractivity contribution in [3.63, 3.8) is 0 Å². The molecule has 4 rings (SSSR count). The number of rotatable bonds is 5. The van der Waals surface area contributed by atoms with Crippen LogP contribution in [0, 0.1) is 0 Å². The molecule has 1 aliphatic rings. The number of nitrogens with zero attached hydrogens (tertiary/aromatic N) is 3. The van der Waals surface area contributed by atoms with Gasteiger partial charge in [0.25, 0.3) is 0 Å². The Bertz CT molecular complexity index is 1200. The van der Waals surface area contributed by atoms with E-state index in [4.69, 9.17) is 30.3 Å².